The number of carbonyl (C=O) groups excluding carboxylic acids is 1. The van der Waals surface area contributed by atoms with Gasteiger partial charge >= 0.3 is 0 Å². The number of hydrogen-bond donors (Lipinski definition) is 3. The first-order chi connectivity index (χ1) is 11.0. The van der Waals surface area contributed by atoms with Gasteiger partial charge in [0, 0.05) is 16.1 Å². The molecule has 1 heterocycles. The van der Waals surface area contributed by atoms with E-state index in [-0.39, 0.29) is 17.6 Å². The molecule has 0 aromatic heterocycles. The molecule has 2 atom stereocenters. The van der Waals surface area contributed by atoms with Gasteiger partial charge in [0.1, 0.15) is 11.9 Å². The van der Waals surface area contributed by atoms with Crippen LogP contribution in [0.3, 0.4) is 0 Å². The number of carbonyl (C=O) groups is 1. The highest BCUT2D eigenvalue weighted by Crippen LogP contribution is 2.25. The molecule has 0 bridgehead atoms. The van der Waals surface area contributed by atoms with Crippen molar-refractivity contribution in [2.24, 2.45) is 0 Å². The lowest BCUT2D eigenvalue weighted by molar-refractivity contribution is -0.117. The average molecular weight is 354 g/mol. The number of halogens is 3. The van der Waals surface area contributed by atoms with Crippen LogP contribution in [0.5, 0.6) is 0 Å². The predicted molar refractivity (Wildman–Crippen MR) is 88.9 cm³/mol. The second kappa shape index (κ2) is 6.84. The van der Waals surface area contributed by atoms with Crippen LogP contribution in [0.15, 0.2) is 42.5 Å². The van der Waals surface area contributed by atoms with Gasteiger partial charge in [-0.05, 0) is 42.3 Å². The predicted octanol–water partition coefficient (Wildman–Crippen LogP) is 3.68. The largest absolute Gasteiger partial charge is 0.322 e. The van der Waals surface area contributed by atoms with Crippen molar-refractivity contribution in [1.82, 2.24) is 10.9 Å². The van der Waals surface area contributed by atoms with Gasteiger partial charge in [-0.2, -0.15) is 0 Å². The zero-order chi connectivity index (χ0) is 16.4. The van der Waals surface area contributed by atoms with Crippen molar-refractivity contribution < 1.29 is 9.18 Å². The first-order valence-corrected chi connectivity index (χ1v) is 7.81. The molecule has 0 aliphatic carbocycles. The van der Waals surface area contributed by atoms with Crippen LogP contribution in [0.25, 0.3) is 0 Å². The van der Waals surface area contributed by atoms with E-state index in [9.17, 15) is 9.18 Å². The van der Waals surface area contributed by atoms with Gasteiger partial charge in [0.15, 0.2) is 0 Å². The fourth-order valence-electron chi connectivity index (χ4n) is 2.45. The summed E-state index contributed by atoms with van der Waals surface area (Å²) in [4.78, 5) is 12.3. The number of hydrazine groups is 1. The topological polar surface area (TPSA) is 53.2 Å². The van der Waals surface area contributed by atoms with E-state index in [1.807, 2.05) is 12.1 Å². The zero-order valence-electron chi connectivity index (χ0n) is 11.9. The Bertz CT molecular complexity index is 724. The molecule has 1 amide bonds. The van der Waals surface area contributed by atoms with Crippen LogP contribution in [-0.2, 0) is 4.79 Å². The summed E-state index contributed by atoms with van der Waals surface area (Å²) < 4.78 is 13.7. The van der Waals surface area contributed by atoms with Crippen LogP contribution >= 0.6 is 23.2 Å². The minimum Gasteiger partial charge on any atom is -0.322 e. The number of anilines is 1. The molecule has 1 aliphatic rings. The van der Waals surface area contributed by atoms with Crippen molar-refractivity contribution in [3.8, 4) is 0 Å². The fourth-order valence-corrected chi connectivity index (χ4v) is 2.75. The number of nitrogens with one attached hydrogen (secondary N) is 3. The number of benzene rings is 2. The summed E-state index contributed by atoms with van der Waals surface area (Å²) in [6.07, 6.45) is 0.537. The highest BCUT2D eigenvalue weighted by Gasteiger charge is 2.30. The van der Waals surface area contributed by atoms with Crippen LogP contribution in [0.1, 0.15) is 18.0 Å². The SMILES string of the molecule is O=C(Nc1cc(Cl)ccc1F)C1CC(c2ccc(Cl)cc2)NN1. The van der Waals surface area contributed by atoms with Crippen molar-refractivity contribution in [3.05, 3.63) is 63.9 Å². The van der Waals surface area contributed by atoms with E-state index in [1.165, 1.54) is 18.2 Å². The van der Waals surface area contributed by atoms with Gasteiger partial charge in [0.2, 0.25) is 5.91 Å². The lowest BCUT2D eigenvalue weighted by Gasteiger charge is -2.11. The second-order valence-electron chi connectivity index (χ2n) is 5.29. The Morgan fingerprint density at radius 1 is 1.09 bits per heavy atom. The third-order valence-electron chi connectivity index (χ3n) is 3.68. The maximum atomic E-state index is 13.7. The Hall–Kier alpha value is -1.66. The Labute approximate surface area is 142 Å². The molecule has 120 valence electrons. The van der Waals surface area contributed by atoms with Crippen molar-refractivity contribution in [1.29, 1.82) is 0 Å². The summed E-state index contributed by atoms with van der Waals surface area (Å²) in [6.45, 7) is 0. The van der Waals surface area contributed by atoms with Gasteiger partial charge in [0.05, 0.1) is 5.69 Å². The van der Waals surface area contributed by atoms with E-state index >= 15 is 0 Å². The molecule has 23 heavy (non-hydrogen) atoms. The molecule has 3 rings (SSSR count). The lowest BCUT2D eigenvalue weighted by Crippen LogP contribution is -2.39. The van der Waals surface area contributed by atoms with Gasteiger partial charge in [-0.25, -0.2) is 15.2 Å². The van der Waals surface area contributed by atoms with Crippen LogP contribution in [0.4, 0.5) is 10.1 Å². The molecule has 0 saturated carbocycles. The number of rotatable bonds is 3. The van der Waals surface area contributed by atoms with E-state index < -0.39 is 11.9 Å². The molecule has 1 saturated heterocycles. The standard InChI is InChI=1S/C16H14Cl2FN3O/c17-10-3-1-9(2-4-10)13-8-15(22-21-13)16(23)20-14-7-11(18)5-6-12(14)19/h1-7,13,15,21-22H,8H2,(H,20,23). The Morgan fingerprint density at radius 2 is 1.78 bits per heavy atom. The molecule has 0 spiro atoms. The quantitative estimate of drug-likeness (QED) is 0.788. The van der Waals surface area contributed by atoms with Crippen LogP contribution in [-0.4, -0.2) is 11.9 Å². The molecule has 4 nitrogen and oxygen atoms in total. The average Bonchev–Trinajstić information content (AvgIpc) is 3.02. The highest BCUT2D eigenvalue weighted by atomic mass is 35.5. The maximum absolute atomic E-state index is 13.7. The number of amides is 1. The molecule has 1 fully saturated rings. The normalized spacial score (nSPS) is 20.5. The molecule has 7 heteroatoms. The van der Waals surface area contributed by atoms with Gasteiger partial charge in [0.25, 0.3) is 0 Å². The fraction of sp³-hybridized carbons (Fsp3) is 0.188. The van der Waals surface area contributed by atoms with Gasteiger partial charge < -0.3 is 5.32 Å². The van der Waals surface area contributed by atoms with Crippen molar-refractivity contribution >= 4 is 34.8 Å². The molecule has 1 aliphatic heterocycles. The molecule has 2 aromatic carbocycles. The summed E-state index contributed by atoms with van der Waals surface area (Å²) >= 11 is 11.7. The van der Waals surface area contributed by atoms with E-state index in [1.54, 1.807) is 12.1 Å². The van der Waals surface area contributed by atoms with Crippen molar-refractivity contribution in [2.75, 3.05) is 5.32 Å². The van der Waals surface area contributed by atoms with Crippen LogP contribution < -0.4 is 16.2 Å². The molecule has 0 radical (unpaired) electrons. The highest BCUT2D eigenvalue weighted by molar-refractivity contribution is 6.31. The summed E-state index contributed by atoms with van der Waals surface area (Å²) in [7, 11) is 0. The number of hydrogen-bond acceptors (Lipinski definition) is 3. The van der Waals surface area contributed by atoms with Gasteiger partial charge in [-0.1, -0.05) is 35.3 Å². The van der Waals surface area contributed by atoms with Crippen molar-refractivity contribution in [3.63, 3.8) is 0 Å². The maximum Gasteiger partial charge on any atom is 0.243 e. The minimum atomic E-state index is -0.525. The summed E-state index contributed by atoms with van der Waals surface area (Å²) in [5.41, 5.74) is 7.07. The third-order valence-corrected chi connectivity index (χ3v) is 4.17. The van der Waals surface area contributed by atoms with E-state index in [0.717, 1.165) is 5.56 Å². The monoisotopic (exact) mass is 353 g/mol. The molecule has 3 N–H and O–H groups in total. The minimum absolute atomic E-state index is 0.0211. The summed E-state index contributed by atoms with van der Waals surface area (Å²) in [6, 6.07) is 10.9. The van der Waals surface area contributed by atoms with Gasteiger partial charge in [-0.15, -0.1) is 0 Å². The smallest absolute Gasteiger partial charge is 0.243 e. The molecular weight excluding hydrogens is 340 g/mol. The Balaban J connectivity index is 1.65. The molecule has 2 aromatic rings. The summed E-state index contributed by atoms with van der Waals surface area (Å²) in [5.74, 6) is -0.849. The van der Waals surface area contributed by atoms with Crippen molar-refractivity contribution in [2.45, 2.75) is 18.5 Å². The Morgan fingerprint density at radius 3 is 2.52 bits per heavy atom. The lowest BCUT2D eigenvalue weighted by atomic mass is 10.0. The Kier molecular flexibility index (Phi) is 4.82. The molecular formula is C16H14Cl2FN3O. The first-order valence-electron chi connectivity index (χ1n) is 7.05. The zero-order valence-corrected chi connectivity index (χ0v) is 13.5. The van der Waals surface area contributed by atoms with Gasteiger partial charge in [-0.3, -0.25) is 4.79 Å². The van der Waals surface area contributed by atoms with E-state index in [4.69, 9.17) is 23.2 Å². The van der Waals surface area contributed by atoms with Crippen LogP contribution in [0.2, 0.25) is 10.0 Å². The second-order valence-corrected chi connectivity index (χ2v) is 6.17. The first kappa shape index (κ1) is 16.2. The van der Waals surface area contributed by atoms with E-state index in [2.05, 4.69) is 16.2 Å². The third kappa shape index (κ3) is 3.82. The molecule has 2 unspecified atom stereocenters. The van der Waals surface area contributed by atoms with Crippen LogP contribution in [0, 0.1) is 5.82 Å². The summed E-state index contributed by atoms with van der Waals surface area (Å²) in [5, 5.41) is 3.57. The van der Waals surface area contributed by atoms with E-state index in [0.29, 0.717) is 16.5 Å².